The molecule has 0 aliphatic carbocycles. The van der Waals surface area contributed by atoms with Crippen LogP contribution in [0.2, 0.25) is 10.0 Å². The van der Waals surface area contributed by atoms with E-state index in [9.17, 15) is 13.6 Å². The number of aliphatic hydroxyl groups excluding tert-OH is 1. The van der Waals surface area contributed by atoms with E-state index >= 15 is 0 Å². The Morgan fingerprint density at radius 3 is 2.37 bits per heavy atom. The Morgan fingerprint density at radius 1 is 1.32 bits per heavy atom. The van der Waals surface area contributed by atoms with Crippen molar-refractivity contribution in [3.63, 3.8) is 0 Å². The van der Waals surface area contributed by atoms with Crippen LogP contribution >= 0.6 is 23.2 Å². The van der Waals surface area contributed by atoms with Gasteiger partial charge in [0.1, 0.15) is 0 Å². The second-order valence-electron chi connectivity index (χ2n) is 3.65. The van der Waals surface area contributed by atoms with E-state index in [1.807, 2.05) is 0 Å². The lowest BCUT2D eigenvalue weighted by Gasteiger charge is -2.21. The molecule has 0 saturated heterocycles. The number of benzene rings is 1. The first-order valence-electron chi connectivity index (χ1n) is 5.33. The highest BCUT2D eigenvalue weighted by Crippen LogP contribution is 2.22. The first-order chi connectivity index (χ1) is 8.92. The second kappa shape index (κ2) is 7.47. The monoisotopic (exact) mass is 312 g/mol. The lowest BCUT2D eigenvalue weighted by Crippen LogP contribution is -2.40. The van der Waals surface area contributed by atoms with E-state index in [1.54, 1.807) is 0 Å². The van der Waals surface area contributed by atoms with Crippen LogP contribution in [0.4, 0.5) is 19.3 Å². The Balaban J connectivity index is 2.74. The molecule has 0 bridgehead atoms. The highest BCUT2D eigenvalue weighted by atomic mass is 35.5. The van der Waals surface area contributed by atoms with Gasteiger partial charge in [-0.25, -0.2) is 13.6 Å². The maximum Gasteiger partial charge on any atom is 0.322 e. The van der Waals surface area contributed by atoms with Gasteiger partial charge in [-0.1, -0.05) is 23.2 Å². The van der Waals surface area contributed by atoms with Crippen molar-refractivity contribution in [3.05, 3.63) is 28.2 Å². The van der Waals surface area contributed by atoms with Crippen LogP contribution in [0.3, 0.4) is 0 Å². The van der Waals surface area contributed by atoms with Crippen LogP contribution in [-0.2, 0) is 0 Å². The average molecular weight is 313 g/mol. The number of carbonyl (C=O) groups is 1. The molecule has 106 valence electrons. The number of halogens is 4. The summed E-state index contributed by atoms with van der Waals surface area (Å²) in [6.45, 7) is -1.36. The van der Waals surface area contributed by atoms with Crippen LogP contribution < -0.4 is 5.32 Å². The van der Waals surface area contributed by atoms with Gasteiger partial charge in [-0.3, -0.25) is 0 Å². The Bertz CT molecular complexity index is 426. The average Bonchev–Trinajstić information content (AvgIpc) is 2.26. The summed E-state index contributed by atoms with van der Waals surface area (Å²) >= 11 is 11.5. The summed E-state index contributed by atoms with van der Waals surface area (Å²) in [4.78, 5) is 12.5. The van der Waals surface area contributed by atoms with Crippen LogP contribution in [0.1, 0.15) is 0 Å². The van der Waals surface area contributed by atoms with E-state index in [4.69, 9.17) is 28.3 Å². The third-order valence-corrected chi connectivity index (χ3v) is 2.57. The fraction of sp³-hybridized carbons (Fsp3) is 0.364. The number of urea groups is 1. The predicted octanol–water partition coefficient (Wildman–Crippen LogP) is 3.08. The zero-order chi connectivity index (χ0) is 14.4. The summed E-state index contributed by atoms with van der Waals surface area (Å²) in [6, 6.07) is 3.59. The molecular formula is C11H12Cl2F2N2O2. The van der Waals surface area contributed by atoms with Crippen LogP contribution in [0.25, 0.3) is 0 Å². The van der Waals surface area contributed by atoms with Crippen LogP contribution in [0.5, 0.6) is 0 Å². The number of carbonyl (C=O) groups excluding carboxylic acids is 1. The van der Waals surface area contributed by atoms with Gasteiger partial charge in [0.15, 0.2) is 0 Å². The predicted molar refractivity (Wildman–Crippen MR) is 70.1 cm³/mol. The van der Waals surface area contributed by atoms with Crippen molar-refractivity contribution in [2.24, 2.45) is 0 Å². The van der Waals surface area contributed by atoms with Crippen LogP contribution in [0, 0.1) is 0 Å². The number of hydrogen-bond donors (Lipinski definition) is 2. The second-order valence-corrected chi connectivity index (χ2v) is 4.52. The number of rotatable bonds is 5. The zero-order valence-electron chi connectivity index (χ0n) is 9.75. The molecule has 1 rings (SSSR count). The van der Waals surface area contributed by atoms with Crippen molar-refractivity contribution in [2.45, 2.75) is 6.43 Å². The molecule has 19 heavy (non-hydrogen) atoms. The molecule has 0 unspecified atom stereocenters. The van der Waals surface area contributed by atoms with E-state index in [-0.39, 0.29) is 6.54 Å². The number of alkyl halides is 2. The standard InChI is InChI=1S/C11H12Cl2F2N2O2/c12-7-3-8(13)5-9(4-7)16-11(19)17(1-2-18)6-10(14)15/h3-5,10,18H,1-2,6H2,(H,16,19). The van der Waals surface area contributed by atoms with Crippen LogP contribution in [-0.4, -0.2) is 42.2 Å². The van der Waals surface area contributed by atoms with Crippen LogP contribution in [0.15, 0.2) is 18.2 Å². The Hall–Kier alpha value is -1.11. The zero-order valence-corrected chi connectivity index (χ0v) is 11.3. The highest BCUT2D eigenvalue weighted by Gasteiger charge is 2.18. The van der Waals surface area contributed by atoms with Gasteiger partial charge in [0.2, 0.25) is 0 Å². The van der Waals surface area contributed by atoms with Gasteiger partial charge in [0.05, 0.1) is 13.2 Å². The first kappa shape index (κ1) is 15.9. The molecule has 4 nitrogen and oxygen atoms in total. The van der Waals surface area contributed by atoms with Gasteiger partial charge in [-0.2, -0.15) is 0 Å². The molecule has 2 N–H and O–H groups in total. The van der Waals surface area contributed by atoms with Crippen molar-refractivity contribution in [1.82, 2.24) is 4.90 Å². The van der Waals surface area contributed by atoms with Crippen molar-refractivity contribution in [3.8, 4) is 0 Å². The van der Waals surface area contributed by atoms with Gasteiger partial charge < -0.3 is 15.3 Å². The quantitative estimate of drug-likeness (QED) is 0.878. The molecule has 0 aliphatic heterocycles. The third-order valence-electron chi connectivity index (χ3n) is 2.13. The number of amides is 2. The number of hydrogen-bond acceptors (Lipinski definition) is 2. The lowest BCUT2D eigenvalue weighted by atomic mass is 10.3. The summed E-state index contributed by atoms with van der Waals surface area (Å²) in [5, 5.41) is 11.8. The lowest BCUT2D eigenvalue weighted by molar-refractivity contribution is 0.0943. The molecule has 2 amide bonds. The molecular weight excluding hydrogens is 301 g/mol. The van der Waals surface area contributed by atoms with Crippen molar-refractivity contribution in [1.29, 1.82) is 0 Å². The molecule has 1 aromatic carbocycles. The largest absolute Gasteiger partial charge is 0.395 e. The summed E-state index contributed by atoms with van der Waals surface area (Å²) < 4.78 is 24.6. The molecule has 8 heteroatoms. The Labute approximate surface area is 118 Å². The smallest absolute Gasteiger partial charge is 0.322 e. The number of nitrogens with zero attached hydrogens (tertiary/aromatic N) is 1. The Kier molecular flexibility index (Phi) is 6.27. The SMILES string of the molecule is O=C(Nc1cc(Cl)cc(Cl)c1)N(CCO)CC(F)F. The molecule has 0 aromatic heterocycles. The summed E-state index contributed by atoms with van der Waals surface area (Å²) in [7, 11) is 0. The van der Waals surface area contributed by atoms with E-state index in [0.717, 1.165) is 4.90 Å². The maximum absolute atomic E-state index is 12.3. The topological polar surface area (TPSA) is 52.6 Å². The molecule has 0 saturated carbocycles. The summed E-state index contributed by atoms with van der Waals surface area (Å²) in [6.07, 6.45) is -2.68. The van der Waals surface area contributed by atoms with Crippen molar-refractivity contribution >= 4 is 34.9 Å². The van der Waals surface area contributed by atoms with Gasteiger partial charge in [0.25, 0.3) is 6.43 Å². The van der Waals surface area contributed by atoms with Gasteiger partial charge >= 0.3 is 6.03 Å². The molecule has 0 fully saturated rings. The minimum absolute atomic E-state index is 0.190. The van der Waals surface area contributed by atoms with Gasteiger partial charge in [0, 0.05) is 22.3 Å². The number of aliphatic hydroxyl groups is 1. The fourth-order valence-electron chi connectivity index (χ4n) is 1.39. The maximum atomic E-state index is 12.3. The molecule has 0 spiro atoms. The molecule has 0 atom stereocenters. The van der Waals surface area contributed by atoms with Crippen molar-refractivity contribution in [2.75, 3.05) is 25.0 Å². The van der Waals surface area contributed by atoms with Gasteiger partial charge in [-0.05, 0) is 18.2 Å². The normalized spacial score (nSPS) is 10.6. The van der Waals surface area contributed by atoms with E-state index in [2.05, 4.69) is 5.32 Å². The van der Waals surface area contributed by atoms with Gasteiger partial charge in [-0.15, -0.1) is 0 Å². The first-order valence-corrected chi connectivity index (χ1v) is 6.09. The molecule has 0 heterocycles. The summed E-state index contributed by atoms with van der Waals surface area (Å²) in [5.41, 5.74) is 0.291. The molecule has 1 aromatic rings. The fourth-order valence-corrected chi connectivity index (χ4v) is 1.92. The molecule has 0 radical (unpaired) electrons. The third kappa shape index (κ3) is 5.59. The summed E-state index contributed by atoms with van der Waals surface area (Å²) in [5.74, 6) is 0. The van der Waals surface area contributed by atoms with E-state index < -0.39 is 25.6 Å². The highest BCUT2D eigenvalue weighted by molar-refractivity contribution is 6.35. The Morgan fingerprint density at radius 2 is 1.89 bits per heavy atom. The molecule has 0 aliphatic rings. The number of anilines is 1. The van der Waals surface area contributed by atoms with E-state index in [1.165, 1.54) is 18.2 Å². The minimum atomic E-state index is -2.68. The number of nitrogens with one attached hydrogen (secondary N) is 1. The van der Waals surface area contributed by atoms with E-state index in [0.29, 0.717) is 15.7 Å². The minimum Gasteiger partial charge on any atom is -0.395 e. The van der Waals surface area contributed by atoms with Crippen molar-refractivity contribution < 1.29 is 18.7 Å².